The highest BCUT2D eigenvalue weighted by atomic mass is 16.5. The number of likely N-dealkylation sites (tertiary alicyclic amines) is 1. The highest BCUT2D eigenvalue weighted by Crippen LogP contribution is 2.67. The van der Waals surface area contributed by atoms with Gasteiger partial charge in [0.05, 0.1) is 23.2 Å². The molecule has 4 N–H and O–H groups in total. The van der Waals surface area contributed by atoms with Crippen molar-refractivity contribution in [3.8, 4) is 11.5 Å². The smallest absolute Gasteiger partial charge is 0.165 e. The van der Waals surface area contributed by atoms with Gasteiger partial charge in [-0.05, 0) is 63.2 Å². The predicted octanol–water partition coefficient (Wildman–Crippen LogP) is 1.04. The highest BCUT2D eigenvalue weighted by molar-refractivity contribution is 5.63. The van der Waals surface area contributed by atoms with Crippen molar-refractivity contribution in [3.63, 3.8) is 0 Å². The van der Waals surface area contributed by atoms with Crippen molar-refractivity contribution in [1.82, 2.24) is 10.2 Å². The fourth-order valence-electron chi connectivity index (χ4n) is 6.84. The molecule has 1 aromatic rings. The summed E-state index contributed by atoms with van der Waals surface area (Å²) >= 11 is 0. The fourth-order valence-corrected chi connectivity index (χ4v) is 6.84. The molecule has 5 aliphatic rings. The van der Waals surface area contributed by atoms with Gasteiger partial charge >= 0.3 is 0 Å². The Kier molecular flexibility index (Phi) is 3.18. The number of hydrogen-bond acceptors (Lipinski definition) is 6. The topological polar surface area (TPSA) is 85.2 Å². The molecular weight excluding hydrogens is 344 g/mol. The second-order valence-corrected chi connectivity index (χ2v) is 9.32. The molecule has 6 nitrogen and oxygen atoms in total. The molecule has 1 aromatic carbocycles. The molecule has 0 amide bonds. The van der Waals surface area contributed by atoms with Crippen molar-refractivity contribution in [2.75, 3.05) is 20.1 Å². The molecule has 2 bridgehead atoms. The summed E-state index contributed by atoms with van der Waals surface area (Å²) < 4.78 is 6.35. The summed E-state index contributed by atoms with van der Waals surface area (Å²) in [6.07, 6.45) is 3.76. The molecule has 0 radical (unpaired) electrons. The van der Waals surface area contributed by atoms with E-state index in [4.69, 9.17) is 4.74 Å². The average Bonchev–Trinajstić information content (AvgIpc) is 3.39. The van der Waals surface area contributed by atoms with Crippen molar-refractivity contribution < 1.29 is 20.1 Å². The average molecular weight is 372 g/mol. The summed E-state index contributed by atoms with van der Waals surface area (Å²) in [4.78, 5) is 2.35. The van der Waals surface area contributed by atoms with Crippen molar-refractivity contribution in [1.29, 1.82) is 0 Å². The molecule has 6 rings (SSSR count). The minimum Gasteiger partial charge on any atom is -0.504 e. The van der Waals surface area contributed by atoms with E-state index in [1.807, 2.05) is 13.1 Å². The first-order chi connectivity index (χ1) is 13.0. The number of phenols is 1. The van der Waals surface area contributed by atoms with Gasteiger partial charge in [0.1, 0.15) is 6.10 Å². The molecule has 27 heavy (non-hydrogen) atoms. The quantitative estimate of drug-likeness (QED) is 0.634. The van der Waals surface area contributed by atoms with Crippen LogP contribution in [0.4, 0.5) is 0 Å². The molecule has 0 aromatic heterocycles. The van der Waals surface area contributed by atoms with E-state index in [9.17, 15) is 15.3 Å². The lowest BCUT2D eigenvalue weighted by Gasteiger charge is -2.65. The number of rotatable bonds is 3. The van der Waals surface area contributed by atoms with E-state index >= 15 is 0 Å². The van der Waals surface area contributed by atoms with E-state index < -0.39 is 17.1 Å². The lowest BCUT2D eigenvalue weighted by atomic mass is 9.47. The van der Waals surface area contributed by atoms with Gasteiger partial charge in [-0.15, -0.1) is 0 Å². The number of ether oxygens (including phenoxy) is 1. The Morgan fingerprint density at radius 2 is 2.07 bits per heavy atom. The minimum absolute atomic E-state index is 0.112. The molecular formula is C21H28N2O4. The molecule has 0 unspecified atom stereocenters. The zero-order chi connectivity index (χ0) is 18.6. The Labute approximate surface area is 159 Å². The number of phenolic OH excluding ortho intramolecular Hbond substituents is 1. The molecule has 1 spiro atoms. The molecule has 3 aliphatic carbocycles. The first-order valence-corrected chi connectivity index (χ1v) is 10.4. The van der Waals surface area contributed by atoms with Crippen LogP contribution in [0.5, 0.6) is 11.5 Å². The Balaban J connectivity index is 1.59. The number of benzene rings is 1. The van der Waals surface area contributed by atoms with Crippen LogP contribution in [0, 0.1) is 5.92 Å². The predicted molar refractivity (Wildman–Crippen MR) is 98.9 cm³/mol. The number of aliphatic hydroxyl groups excluding tert-OH is 1. The van der Waals surface area contributed by atoms with Gasteiger partial charge in [0.2, 0.25) is 0 Å². The maximum atomic E-state index is 12.2. The van der Waals surface area contributed by atoms with Crippen LogP contribution >= 0.6 is 0 Å². The molecule has 3 fully saturated rings. The van der Waals surface area contributed by atoms with Crippen LogP contribution in [0.25, 0.3) is 0 Å². The van der Waals surface area contributed by atoms with Gasteiger partial charge in [0.25, 0.3) is 0 Å². The van der Waals surface area contributed by atoms with Gasteiger partial charge in [0.15, 0.2) is 11.5 Å². The van der Waals surface area contributed by atoms with E-state index in [1.54, 1.807) is 6.07 Å². The van der Waals surface area contributed by atoms with E-state index in [2.05, 4.69) is 10.2 Å². The van der Waals surface area contributed by atoms with E-state index in [1.165, 1.54) is 12.8 Å². The number of nitrogens with one attached hydrogen (secondary N) is 1. The second kappa shape index (κ2) is 5.17. The van der Waals surface area contributed by atoms with Crippen LogP contribution in [0.15, 0.2) is 12.1 Å². The molecule has 6 atom stereocenters. The van der Waals surface area contributed by atoms with Gasteiger partial charge in [-0.2, -0.15) is 0 Å². The van der Waals surface area contributed by atoms with Crippen LogP contribution < -0.4 is 10.1 Å². The molecule has 2 aliphatic heterocycles. The Morgan fingerprint density at radius 3 is 2.81 bits per heavy atom. The standard InChI is InChI=1S/C21H28N2O4/c1-22-13-6-7-21(26)18-16(25)12-4-5-14(24)17-15(12)20(21,19(13)27-17)8-9-23(18)10-11-2-3-11/h4-5,11,13,16,18-19,22,24-26H,2-3,6-10H2,1H3/t13-,16+,18-,19+,20+,21-/m1/s1. The Morgan fingerprint density at radius 1 is 1.26 bits per heavy atom. The lowest BCUT2D eigenvalue weighted by molar-refractivity contribution is -0.217. The minimum atomic E-state index is -1.04. The van der Waals surface area contributed by atoms with Crippen LogP contribution in [0.1, 0.15) is 49.3 Å². The first-order valence-electron chi connectivity index (χ1n) is 10.4. The molecule has 146 valence electrons. The lowest BCUT2D eigenvalue weighted by Crippen LogP contribution is -2.78. The maximum Gasteiger partial charge on any atom is 0.165 e. The van der Waals surface area contributed by atoms with Gasteiger partial charge in [0, 0.05) is 18.2 Å². The molecule has 6 heteroatoms. The normalized spacial score (nSPS) is 44.7. The monoisotopic (exact) mass is 372 g/mol. The highest BCUT2D eigenvalue weighted by Gasteiger charge is 2.74. The zero-order valence-electron chi connectivity index (χ0n) is 15.7. The Bertz CT molecular complexity index is 812. The zero-order valence-corrected chi connectivity index (χ0v) is 15.7. The number of aliphatic hydroxyl groups is 2. The third kappa shape index (κ3) is 1.81. The number of nitrogens with zero attached hydrogens (tertiary/aromatic N) is 1. The maximum absolute atomic E-state index is 12.2. The largest absolute Gasteiger partial charge is 0.504 e. The Hall–Kier alpha value is -1.34. The third-order valence-corrected chi connectivity index (χ3v) is 8.17. The van der Waals surface area contributed by atoms with E-state index in [-0.39, 0.29) is 23.9 Å². The summed E-state index contributed by atoms with van der Waals surface area (Å²) in [6.45, 7) is 1.81. The van der Waals surface area contributed by atoms with Crippen molar-refractivity contribution in [2.24, 2.45) is 5.92 Å². The molecule has 1 saturated heterocycles. The van der Waals surface area contributed by atoms with Crippen LogP contribution in [-0.2, 0) is 5.41 Å². The van der Waals surface area contributed by atoms with Crippen LogP contribution in [-0.4, -0.2) is 64.1 Å². The third-order valence-electron chi connectivity index (χ3n) is 8.17. The van der Waals surface area contributed by atoms with Gasteiger partial charge in [-0.1, -0.05) is 6.07 Å². The molecule has 2 saturated carbocycles. The summed E-state index contributed by atoms with van der Waals surface area (Å²) in [6, 6.07) is 3.28. The van der Waals surface area contributed by atoms with Crippen LogP contribution in [0.3, 0.4) is 0 Å². The summed E-state index contributed by atoms with van der Waals surface area (Å²) in [5.74, 6) is 1.29. The number of likely N-dealkylation sites (N-methyl/N-ethyl adjacent to an activating group) is 1. The van der Waals surface area contributed by atoms with Crippen molar-refractivity contribution in [3.05, 3.63) is 23.3 Å². The van der Waals surface area contributed by atoms with Gasteiger partial charge < -0.3 is 25.4 Å². The molecule has 2 heterocycles. The van der Waals surface area contributed by atoms with E-state index in [0.717, 1.165) is 37.1 Å². The van der Waals surface area contributed by atoms with Gasteiger partial charge in [-0.3, -0.25) is 4.90 Å². The summed E-state index contributed by atoms with van der Waals surface area (Å²) in [5, 5.41) is 37.5. The van der Waals surface area contributed by atoms with Crippen molar-refractivity contribution >= 4 is 0 Å². The second-order valence-electron chi connectivity index (χ2n) is 9.32. The first kappa shape index (κ1) is 16.6. The number of aromatic hydroxyl groups is 1. The van der Waals surface area contributed by atoms with Crippen LogP contribution in [0.2, 0.25) is 0 Å². The fraction of sp³-hybridized carbons (Fsp3) is 0.714. The van der Waals surface area contributed by atoms with Gasteiger partial charge in [-0.25, -0.2) is 0 Å². The van der Waals surface area contributed by atoms with E-state index in [0.29, 0.717) is 18.1 Å². The summed E-state index contributed by atoms with van der Waals surface area (Å²) in [5.41, 5.74) is 0.0950. The SMILES string of the molecule is CN[C@@H]1CC[C@@]2(O)[C@H]3[C@@H](O)c4ccc(O)c5c4[C@@]2(CCN3CC2CC2)[C@H]1O5. The van der Waals surface area contributed by atoms with Crippen molar-refractivity contribution in [2.45, 2.75) is 67.4 Å². The summed E-state index contributed by atoms with van der Waals surface area (Å²) in [7, 11) is 1.94. The number of hydrogen-bond donors (Lipinski definition) is 4. The number of piperidine rings is 1.